The van der Waals surface area contributed by atoms with Crippen LogP contribution in [-0.2, 0) is 0 Å². The van der Waals surface area contributed by atoms with Gasteiger partial charge in [0.05, 0.1) is 16.0 Å². The molecule has 0 aliphatic rings. The van der Waals surface area contributed by atoms with Gasteiger partial charge in [-0.05, 0) is 43.0 Å². The van der Waals surface area contributed by atoms with Crippen molar-refractivity contribution >= 4 is 11.8 Å². The van der Waals surface area contributed by atoms with Gasteiger partial charge < -0.3 is 4.42 Å². The summed E-state index contributed by atoms with van der Waals surface area (Å²) in [6.45, 7) is 2.00. The van der Waals surface area contributed by atoms with Crippen LogP contribution in [0.4, 0.5) is 0 Å². The first kappa shape index (κ1) is 14.8. The van der Waals surface area contributed by atoms with Crippen LogP contribution in [0.15, 0.2) is 57.0 Å². The Labute approximate surface area is 137 Å². The Bertz CT molecular complexity index is 900. The van der Waals surface area contributed by atoms with E-state index in [0.717, 1.165) is 22.9 Å². The van der Waals surface area contributed by atoms with E-state index >= 15 is 0 Å². The molecule has 0 bridgehead atoms. The van der Waals surface area contributed by atoms with E-state index < -0.39 is 0 Å². The molecular formula is C17H10N4OS. The highest BCUT2D eigenvalue weighted by Gasteiger charge is 2.15. The average Bonchev–Trinajstić information content (AvgIpc) is 3.04. The second-order valence-corrected chi connectivity index (χ2v) is 5.71. The molecule has 1 heterocycles. The molecule has 2 aromatic carbocycles. The molecule has 110 valence electrons. The zero-order valence-corrected chi connectivity index (χ0v) is 13.0. The van der Waals surface area contributed by atoms with E-state index in [2.05, 4.69) is 22.3 Å². The van der Waals surface area contributed by atoms with Gasteiger partial charge in [0.2, 0.25) is 5.89 Å². The number of nitriles is 2. The summed E-state index contributed by atoms with van der Waals surface area (Å²) < 4.78 is 5.63. The zero-order chi connectivity index (χ0) is 16.2. The highest BCUT2D eigenvalue weighted by atomic mass is 32.2. The van der Waals surface area contributed by atoms with Gasteiger partial charge in [-0.15, -0.1) is 10.2 Å². The Hall–Kier alpha value is -3.09. The number of rotatable bonds is 3. The second-order valence-electron chi connectivity index (χ2n) is 4.75. The number of aryl methyl sites for hydroxylation is 1. The molecule has 5 nitrogen and oxygen atoms in total. The lowest BCUT2D eigenvalue weighted by atomic mass is 10.1. The molecule has 3 rings (SSSR count). The number of benzene rings is 2. The Morgan fingerprint density at radius 3 is 2.22 bits per heavy atom. The smallest absolute Gasteiger partial charge is 0.281 e. The molecular weight excluding hydrogens is 308 g/mol. The van der Waals surface area contributed by atoms with Crippen LogP contribution < -0.4 is 0 Å². The molecule has 0 atom stereocenters. The van der Waals surface area contributed by atoms with Crippen molar-refractivity contribution in [3.05, 3.63) is 59.2 Å². The molecule has 0 amide bonds. The largest absolute Gasteiger partial charge is 0.411 e. The summed E-state index contributed by atoms with van der Waals surface area (Å²) >= 11 is 1.12. The van der Waals surface area contributed by atoms with Crippen LogP contribution in [0.2, 0.25) is 0 Å². The molecule has 0 saturated heterocycles. The highest BCUT2D eigenvalue weighted by molar-refractivity contribution is 7.99. The molecule has 0 unspecified atom stereocenters. The molecule has 0 saturated carbocycles. The Morgan fingerprint density at radius 1 is 0.957 bits per heavy atom. The molecule has 0 spiro atoms. The lowest BCUT2D eigenvalue weighted by Gasteiger charge is -2.02. The van der Waals surface area contributed by atoms with Crippen molar-refractivity contribution in [3.8, 4) is 23.6 Å². The molecule has 0 N–H and O–H groups in total. The lowest BCUT2D eigenvalue weighted by molar-refractivity contribution is 0.466. The molecule has 3 aromatic rings. The molecule has 0 aliphatic heterocycles. The monoisotopic (exact) mass is 318 g/mol. The Kier molecular flexibility index (Phi) is 4.09. The van der Waals surface area contributed by atoms with Crippen LogP contribution in [0.5, 0.6) is 0 Å². The van der Waals surface area contributed by atoms with E-state index in [-0.39, 0.29) is 0 Å². The summed E-state index contributed by atoms with van der Waals surface area (Å²) in [5.74, 6) is 0.403. The fourth-order valence-electron chi connectivity index (χ4n) is 1.97. The van der Waals surface area contributed by atoms with E-state index in [0.29, 0.717) is 27.1 Å². The normalized spacial score (nSPS) is 10.0. The molecule has 6 heteroatoms. The molecule has 1 aromatic heterocycles. The summed E-state index contributed by atoms with van der Waals surface area (Å²) in [6.07, 6.45) is 0. The van der Waals surface area contributed by atoms with E-state index in [4.69, 9.17) is 4.42 Å². The molecule has 0 aliphatic carbocycles. The van der Waals surface area contributed by atoms with Crippen LogP contribution >= 0.6 is 11.8 Å². The first-order valence-electron chi connectivity index (χ1n) is 6.73. The fourth-order valence-corrected chi connectivity index (χ4v) is 2.80. The lowest BCUT2D eigenvalue weighted by Crippen LogP contribution is -1.87. The fraction of sp³-hybridized carbons (Fsp3) is 0.0588. The quantitative estimate of drug-likeness (QED) is 0.727. The number of nitrogens with zero attached hydrogens (tertiary/aromatic N) is 4. The standard InChI is InChI=1S/C17H10N4OS/c1-11-5-7-12(8-6-11)16-20-21-17(22-16)23-15-13(9-18)3-2-4-14(15)10-19/h2-8H,1H3. The van der Waals surface area contributed by atoms with Crippen LogP contribution in [-0.4, -0.2) is 10.2 Å². The number of hydrogen-bond acceptors (Lipinski definition) is 6. The van der Waals surface area contributed by atoms with Gasteiger partial charge in [0.1, 0.15) is 12.1 Å². The summed E-state index contributed by atoms with van der Waals surface area (Å²) in [5.41, 5.74) is 2.78. The average molecular weight is 318 g/mol. The first-order chi connectivity index (χ1) is 11.2. The molecule has 0 fully saturated rings. The maximum atomic E-state index is 9.19. The van der Waals surface area contributed by atoms with Crippen molar-refractivity contribution in [2.75, 3.05) is 0 Å². The molecule has 23 heavy (non-hydrogen) atoms. The van der Waals surface area contributed by atoms with Crippen molar-refractivity contribution in [2.45, 2.75) is 17.0 Å². The minimum absolute atomic E-state index is 0.291. The SMILES string of the molecule is Cc1ccc(-c2nnc(Sc3c(C#N)cccc3C#N)o2)cc1. The predicted octanol–water partition coefficient (Wildman–Crippen LogP) is 3.94. The molecule has 0 radical (unpaired) electrons. The maximum absolute atomic E-state index is 9.19. The van der Waals surface area contributed by atoms with Crippen molar-refractivity contribution in [3.63, 3.8) is 0 Å². The first-order valence-corrected chi connectivity index (χ1v) is 7.54. The van der Waals surface area contributed by atoms with Crippen LogP contribution in [0, 0.1) is 29.6 Å². The minimum Gasteiger partial charge on any atom is -0.411 e. The third-order valence-corrected chi connectivity index (χ3v) is 4.13. The van der Waals surface area contributed by atoms with Crippen LogP contribution in [0.3, 0.4) is 0 Å². The van der Waals surface area contributed by atoms with Gasteiger partial charge in [-0.1, -0.05) is 23.8 Å². The van der Waals surface area contributed by atoms with Gasteiger partial charge in [0.25, 0.3) is 5.22 Å². The number of aromatic nitrogens is 2. The zero-order valence-electron chi connectivity index (χ0n) is 12.1. The minimum atomic E-state index is 0.291. The summed E-state index contributed by atoms with van der Waals surface area (Å²) in [7, 11) is 0. The van der Waals surface area contributed by atoms with Crippen molar-refractivity contribution in [2.24, 2.45) is 0 Å². The van der Waals surface area contributed by atoms with Crippen molar-refractivity contribution in [1.82, 2.24) is 10.2 Å². The van der Waals surface area contributed by atoms with E-state index in [1.807, 2.05) is 31.2 Å². The Morgan fingerprint density at radius 2 is 1.61 bits per heavy atom. The topological polar surface area (TPSA) is 86.5 Å². The predicted molar refractivity (Wildman–Crippen MR) is 84.5 cm³/mol. The van der Waals surface area contributed by atoms with E-state index in [9.17, 15) is 10.5 Å². The summed E-state index contributed by atoms with van der Waals surface area (Å²) in [4.78, 5) is 0.525. The Balaban J connectivity index is 1.93. The van der Waals surface area contributed by atoms with E-state index in [1.54, 1.807) is 18.2 Å². The summed E-state index contributed by atoms with van der Waals surface area (Å²) in [6, 6.07) is 16.9. The van der Waals surface area contributed by atoms with E-state index in [1.165, 1.54) is 0 Å². The summed E-state index contributed by atoms with van der Waals surface area (Å²) in [5, 5.41) is 26.7. The van der Waals surface area contributed by atoms with Crippen LogP contribution in [0.25, 0.3) is 11.5 Å². The van der Waals surface area contributed by atoms with Gasteiger partial charge in [0.15, 0.2) is 0 Å². The van der Waals surface area contributed by atoms with Gasteiger partial charge in [-0.3, -0.25) is 0 Å². The van der Waals surface area contributed by atoms with Crippen molar-refractivity contribution < 1.29 is 4.42 Å². The van der Waals surface area contributed by atoms with Crippen LogP contribution in [0.1, 0.15) is 16.7 Å². The van der Waals surface area contributed by atoms with Gasteiger partial charge in [0, 0.05) is 5.56 Å². The van der Waals surface area contributed by atoms with Crippen molar-refractivity contribution in [1.29, 1.82) is 10.5 Å². The maximum Gasteiger partial charge on any atom is 0.281 e. The van der Waals surface area contributed by atoms with Gasteiger partial charge in [-0.25, -0.2) is 0 Å². The second kappa shape index (κ2) is 6.35. The van der Waals surface area contributed by atoms with Gasteiger partial charge >= 0.3 is 0 Å². The van der Waals surface area contributed by atoms with Gasteiger partial charge in [-0.2, -0.15) is 10.5 Å². The number of hydrogen-bond donors (Lipinski definition) is 0. The third-order valence-electron chi connectivity index (χ3n) is 3.15. The third kappa shape index (κ3) is 3.08. The highest BCUT2D eigenvalue weighted by Crippen LogP contribution is 2.33.